The maximum absolute atomic E-state index is 10.8. The van der Waals surface area contributed by atoms with Gasteiger partial charge in [-0.1, -0.05) is 6.92 Å². The number of rotatable bonds is 5. The number of imidazole rings is 1. The third kappa shape index (κ3) is 2.34. The number of fused-ring (bicyclic) bond motifs is 1. The molecule has 2 heterocycles. The number of hydrogen-bond acceptors (Lipinski definition) is 5. The molecule has 7 heteroatoms. The van der Waals surface area contributed by atoms with Crippen molar-refractivity contribution in [1.82, 2.24) is 19.8 Å². The zero-order valence-corrected chi connectivity index (χ0v) is 9.34. The third-order valence-corrected chi connectivity index (χ3v) is 2.18. The first-order chi connectivity index (χ1) is 8.22. The Labute approximate surface area is 97.5 Å². The molecule has 0 aliphatic rings. The number of nitrogens with zero attached hydrogens (tertiary/aromatic N) is 3. The summed E-state index contributed by atoms with van der Waals surface area (Å²) < 4.78 is 1.62. The lowest BCUT2D eigenvalue weighted by Crippen LogP contribution is -2.23. The largest absolute Gasteiger partial charge is 0.476 e. The minimum absolute atomic E-state index is 0.00320. The molecule has 3 N–H and O–H groups in total. The van der Waals surface area contributed by atoms with Crippen LogP contribution in [0.1, 0.15) is 23.8 Å². The van der Waals surface area contributed by atoms with Gasteiger partial charge in [-0.05, 0) is 6.42 Å². The van der Waals surface area contributed by atoms with Crippen LogP contribution in [-0.2, 0) is 0 Å². The van der Waals surface area contributed by atoms with E-state index in [9.17, 15) is 4.79 Å². The van der Waals surface area contributed by atoms with E-state index >= 15 is 0 Å². The Morgan fingerprint density at radius 3 is 3.12 bits per heavy atom. The maximum atomic E-state index is 10.8. The molecule has 0 amide bonds. The highest BCUT2D eigenvalue weighted by molar-refractivity contribution is 5.86. The van der Waals surface area contributed by atoms with Crippen molar-refractivity contribution >= 4 is 17.4 Å². The summed E-state index contributed by atoms with van der Waals surface area (Å²) in [6.07, 6.45) is 5.66. The molecule has 17 heavy (non-hydrogen) atoms. The van der Waals surface area contributed by atoms with E-state index in [-0.39, 0.29) is 5.69 Å². The molecule has 0 unspecified atom stereocenters. The van der Waals surface area contributed by atoms with Crippen LogP contribution in [0, 0.1) is 0 Å². The van der Waals surface area contributed by atoms with Crippen LogP contribution in [0.3, 0.4) is 0 Å². The second-order valence-corrected chi connectivity index (χ2v) is 3.49. The first kappa shape index (κ1) is 11.3. The van der Waals surface area contributed by atoms with E-state index in [1.807, 2.05) is 6.92 Å². The molecule has 0 bridgehead atoms. The Morgan fingerprint density at radius 1 is 1.59 bits per heavy atom. The van der Waals surface area contributed by atoms with Gasteiger partial charge in [-0.25, -0.2) is 20.2 Å². The van der Waals surface area contributed by atoms with Crippen molar-refractivity contribution < 1.29 is 9.90 Å². The molecule has 0 saturated carbocycles. The predicted octanol–water partition coefficient (Wildman–Crippen LogP) is 0.754. The number of hydrogen-bond donors (Lipinski definition) is 3. The molecule has 0 saturated heterocycles. The number of carboxylic acid groups (broad SMARTS) is 1. The van der Waals surface area contributed by atoms with Gasteiger partial charge >= 0.3 is 5.97 Å². The van der Waals surface area contributed by atoms with Gasteiger partial charge in [-0.3, -0.25) is 0 Å². The zero-order valence-electron chi connectivity index (χ0n) is 9.34. The summed E-state index contributed by atoms with van der Waals surface area (Å²) in [4.78, 5) is 18.9. The van der Waals surface area contributed by atoms with E-state index in [4.69, 9.17) is 5.11 Å². The second kappa shape index (κ2) is 4.79. The molecule has 2 aromatic heterocycles. The van der Waals surface area contributed by atoms with Crippen LogP contribution < -0.4 is 10.9 Å². The van der Waals surface area contributed by atoms with Crippen molar-refractivity contribution in [3.8, 4) is 0 Å². The van der Waals surface area contributed by atoms with Gasteiger partial charge in [0.15, 0.2) is 17.2 Å². The summed E-state index contributed by atoms with van der Waals surface area (Å²) in [5.41, 5.74) is 6.35. The van der Waals surface area contributed by atoms with Crippen molar-refractivity contribution in [2.75, 3.05) is 12.0 Å². The van der Waals surface area contributed by atoms with Gasteiger partial charge in [-0.15, -0.1) is 0 Å². The lowest BCUT2D eigenvalue weighted by molar-refractivity contribution is 0.0691. The molecule has 2 rings (SSSR count). The molecule has 2 aromatic rings. The highest BCUT2D eigenvalue weighted by Gasteiger charge is 2.11. The van der Waals surface area contributed by atoms with Crippen molar-refractivity contribution in [2.24, 2.45) is 0 Å². The SMILES string of the molecule is CCCNNc1nccn2cc(C(=O)O)nc12. The molecule has 0 fully saturated rings. The number of carbonyl (C=O) groups is 1. The normalized spacial score (nSPS) is 10.6. The van der Waals surface area contributed by atoms with Crippen molar-refractivity contribution in [3.63, 3.8) is 0 Å². The molecule has 0 aliphatic carbocycles. The predicted molar refractivity (Wildman–Crippen MR) is 61.9 cm³/mol. The summed E-state index contributed by atoms with van der Waals surface area (Å²) >= 11 is 0. The van der Waals surface area contributed by atoms with E-state index < -0.39 is 5.97 Å². The number of aromatic carboxylic acids is 1. The standard InChI is InChI=1S/C10H13N5O2/c1-2-3-12-14-8-9-13-7(10(16)17)6-15(9)5-4-11-8/h4-6,12H,2-3H2,1H3,(H,11,14)(H,16,17). The fourth-order valence-corrected chi connectivity index (χ4v) is 1.38. The lowest BCUT2D eigenvalue weighted by atomic mass is 10.5. The molecule has 0 aromatic carbocycles. The first-order valence-electron chi connectivity index (χ1n) is 5.28. The minimum Gasteiger partial charge on any atom is -0.476 e. The Kier molecular flexibility index (Phi) is 3.20. The monoisotopic (exact) mass is 235 g/mol. The van der Waals surface area contributed by atoms with Gasteiger partial charge in [0.05, 0.1) is 0 Å². The topological polar surface area (TPSA) is 91.5 Å². The van der Waals surface area contributed by atoms with Gasteiger partial charge in [0, 0.05) is 25.1 Å². The van der Waals surface area contributed by atoms with E-state index in [0.717, 1.165) is 13.0 Å². The molecule has 90 valence electrons. The van der Waals surface area contributed by atoms with E-state index in [1.54, 1.807) is 16.8 Å². The number of anilines is 1. The minimum atomic E-state index is -1.05. The number of hydrazine groups is 1. The summed E-state index contributed by atoms with van der Waals surface area (Å²) in [6.45, 7) is 2.83. The highest BCUT2D eigenvalue weighted by Crippen LogP contribution is 2.12. The fraction of sp³-hybridized carbons (Fsp3) is 0.300. The van der Waals surface area contributed by atoms with Gasteiger partial charge < -0.3 is 14.9 Å². The second-order valence-electron chi connectivity index (χ2n) is 3.49. The Hall–Kier alpha value is -2.15. The number of nitrogens with one attached hydrogen (secondary N) is 2. The van der Waals surface area contributed by atoms with Crippen LogP contribution in [0.4, 0.5) is 5.82 Å². The summed E-state index contributed by atoms with van der Waals surface area (Å²) in [7, 11) is 0. The lowest BCUT2D eigenvalue weighted by Gasteiger charge is -2.06. The molecule has 0 spiro atoms. The van der Waals surface area contributed by atoms with Crippen molar-refractivity contribution in [3.05, 3.63) is 24.3 Å². The molecule has 0 aliphatic heterocycles. The molecule has 0 atom stereocenters. The third-order valence-electron chi connectivity index (χ3n) is 2.18. The molecule has 7 nitrogen and oxygen atoms in total. The fourth-order valence-electron chi connectivity index (χ4n) is 1.38. The maximum Gasteiger partial charge on any atom is 0.356 e. The highest BCUT2D eigenvalue weighted by atomic mass is 16.4. The Bertz CT molecular complexity index is 536. The summed E-state index contributed by atoms with van der Waals surface area (Å²) in [5.74, 6) is -0.547. The van der Waals surface area contributed by atoms with E-state index in [2.05, 4.69) is 20.8 Å². The van der Waals surface area contributed by atoms with Crippen molar-refractivity contribution in [2.45, 2.75) is 13.3 Å². The van der Waals surface area contributed by atoms with Gasteiger partial charge in [0.1, 0.15) is 0 Å². The van der Waals surface area contributed by atoms with Crippen LogP contribution >= 0.6 is 0 Å². The van der Waals surface area contributed by atoms with Gasteiger partial charge in [-0.2, -0.15) is 0 Å². The Morgan fingerprint density at radius 2 is 2.41 bits per heavy atom. The average molecular weight is 235 g/mol. The van der Waals surface area contributed by atoms with Crippen molar-refractivity contribution in [1.29, 1.82) is 0 Å². The Balaban J connectivity index is 2.32. The van der Waals surface area contributed by atoms with Gasteiger partial charge in [0.25, 0.3) is 0 Å². The molecule has 0 radical (unpaired) electrons. The first-order valence-corrected chi connectivity index (χ1v) is 5.28. The van der Waals surface area contributed by atoms with Crippen LogP contribution in [-0.4, -0.2) is 32.0 Å². The zero-order chi connectivity index (χ0) is 12.3. The summed E-state index contributed by atoms with van der Waals surface area (Å²) in [5, 5.41) is 8.86. The molecular weight excluding hydrogens is 222 g/mol. The quantitative estimate of drug-likeness (QED) is 0.523. The van der Waals surface area contributed by atoms with Crippen LogP contribution in [0.5, 0.6) is 0 Å². The van der Waals surface area contributed by atoms with Crippen LogP contribution in [0.2, 0.25) is 0 Å². The van der Waals surface area contributed by atoms with E-state index in [0.29, 0.717) is 11.5 Å². The number of carboxylic acids is 1. The average Bonchev–Trinajstić information content (AvgIpc) is 2.74. The van der Waals surface area contributed by atoms with Crippen LogP contribution in [0.25, 0.3) is 5.65 Å². The van der Waals surface area contributed by atoms with Gasteiger partial charge in [0.2, 0.25) is 0 Å². The summed E-state index contributed by atoms with van der Waals surface area (Å²) in [6, 6.07) is 0. The van der Waals surface area contributed by atoms with Crippen LogP contribution in [0.15, 0.2) is 18.6 Å². The smallest absolute Gasteiger partial charge is 0.356 e. The van der Waals surface area contributed by atoms with E-state index in [1.165, 1.54) is 6.20 Å². The number of aromatic nitrogens is 3. The molecular formula is C10H13N5O2.